The number of carboxylic acids is 1. The second-order valence-electron chi connectivity index (χ2n) is 4.19. The first-order valence-electron chi connectivity index (χ1n) is 5.18. The first kappa shape index (κ1) is 10.7. The number of amides is 1. The Balaban J connectivity index is 1.90. The van der Waals surface area contributed by atoms with Crippen LogP contribution in [0.4, 0.5) is 0 Å². The third-order valence-corrected chi connectivity index (χ3v) is 2.87. The maximum atomic E-state index is 11.5. The van der Waals surface area contributed by atoms with Crippen LogP contribution >= 0.6 is 0 Å². The Morgan fingerprint density at radius 1 is 1.62 bits per heavy atom. The largest absolute Gasteiger partial charge is 0.478 e. The predicted octanol–water partition coefficient (Wildman–Crippen LogP) is 1.36. The molecule has 0 radical (unpaired) electrons. The van der Waals surface area contributed by atoms with Crippen LogP contribution in [0.2, 0.25) is 0 Å². The zero-order valence-corrected chi connectivity index (χ0v) is 8.90. The molecule has 0 spiro atoms. The lowest BCUT2D eigenvalue weighted by Crippen LogP contribution is -2.25. The van der Waals surface area contributed by atoms with Crippen LogP contribution < -0.4 is 5.32 Å². The first-order chi connectivity index (χ1) is 7.58. The van der Waals surface area contributed by atoms with Gasteiger partial charge in [-0.25, -0.2) is 4.79 Å². The summed E-state index contributed by atoms with van der Waals surface area (Å²) in [6.45, 7) is 2.76. The number of carbonyl (C=O) groups is 2. The predicted molar refractivity (Wildman–Crippen MR) is 55.3 cm³/mol. The van der Waals surface area contributed by atoms with E-state index in [0.717, 1.165) is 12.7 Å². The topological polar surface area (TPSA) is 79.5 Å². The molecule has 1 aliphatic rings. The summed E-state index contributed by atoms with van der Waals surface area (Å²) in [6.07, 6.45) is 2.20. The van der Waals surface area contributed by atoms with Crippen molar-refractivity contribution in [3.05, 3.63) is 23.7 Å². The molecule has 5 heteroatoms. The second-order valence-corrected chi connectivity index (χ2v) is 4.19. The van der Waals surface area contributed by atoms with Crippen molar-refractivity contribution in [3.8, 4) is 0 Å². The van der Waals surface area contributed by atoms with Crippen molar-refractivity contribution >= 4 is 11.9 Å². The third-order valence-electron chi connectivity index (χ3n) is 2.87. The van der Waals surface area contributed by atoms with Gasteiger partial charge >= 0.3 is 5.97 Å². The minimum Gasteiger partial charge on any atom is -0.478 e. The van der Waals surface area contributed by atoms with Crippen LogP contribution in [-0.4, -0.2) is 23.5 Å². The van der Waals surface area contributed by atoms with Gasteiger partial charge in [0.1, 0.15) is 6.26 Å². The molecule has 1 fully saturated rings. The summed E-state index contributed by atoms with van der Waals surface area (Å²) in [4.78, 5) is 22.1. The zero-order valence-electron chi connectivity index (χ0n) is 8.90. The smallest absolute Gasteiger partial charge is 0.338 e. The third kappa shape index (κ3) is 2.24. The van der Waals surface area contributed by atoms with Crippen molar-refractivity contribution in [2.45, 2.75) is 13.3 Å². The molecule has 0 aliphatic heterocycles. The Labute approximate surface area is 92.4 Å². The molecule has 86 valence electrons. The van der Waals surface area contributed by atoms with E-state index in [4.69, 9.17) is 9.52 Å². The summed E-state index contributed by atoms with van der Waals surface area (Å²) in [5, 5.41) is 11.4. The first-order valence-corrected chi connectivity index (χ1v) is 5.18. The highest BCUT2D eigenvalue weighted by molar-refractivity contribution is 5.95. The molecular weight excluding hydrogens is 210 g/mol. The van der Waals surface area contributed by atoms with Gasteiger partial charge in [0, 0.05) is 12.6 Å². The van der Waals surface area contributed by atoms with E-state index in [2.05, 4.69) is 12.2 Å². The van der Waals surface area contributed by atoms with Gasteiger partial charge in [-0.05, 0) is 18.3 Å². The van der Waals surface area contributed by atoms with E-state index in [0.29, 0.717) is 18.4 Å². The molecule has 1 heterocycles. The average molecular weight is 223 g/mol. The Kier molecular flexibility index (Phi) is 2.68. The zero-order chi connectivity index (χ0) is 11.7. The Hall–Kier alpha value is -1.78. The molecule has 1 saturated carbocycles. The average Bonchev–Trinajstić information content (AvgIpc) is 2.78. The number of hydrogen-bond donors (Lipinski definition) is 2. The van der Waals surface area contributed by atoms with E-state index in [1.54, 1.807) is 0 Å². The van der Waals surface area contributed by atoms with Crippen LogP contribution in [0, 0.1) is 11.8 Å². The molecule has 1 amide bonds. The summed E-state index contributed by atoms with van der Waals surface area (Å²) in [5.74, 6) is -0.180. The lowest BCUT2D eigenvalue weighted by molar-refractivity contribution is 0.0696. The molecule has 1 aromatic heterocycles. The van der Waals surface area contributed by atoms with Gasteiger partial charge in [0.25, 0.3) is 5.91 Å². The van der Waals surface area contributed by atoms with Crippen LogP contribution in [0.1, 0.15) is 34.3 Å². The van der Waals surface area contributed by atoms with E-state index in [9.17, 15) is 9.59 Å². The minimum absolute atomic E-state index is 0.00931. The quantitative estimate of drug-likeness (QED) is 0.807. The molecule has 2 N–H and O–H groups in total. The van der Waals surface area contributed by atoms with Gasteiger partial charge in [-0.15, -0.1) is 0 Å². The summed E-state index contributed by atoms with van der Waals surface area (Å²) >= 11 is 0. The molecule has 1 aliphatic carbocycles. The minimum atomic E-state index is -1.10. The number of carboxylic acid groups (broad SMARTS) is 1. The van der Waals surface area contributed by atoms with Gasteiger partial charge in [0.15, 0.2) is 5.76 Å². The van der Waals surface area contributed by atoms with Crippen molar-refractivity contribution in [1.82, 2.24) is 5.32 Å². The second kappa shape index (κ2) is 4.00. The molecule has 2 unspecified atom stereocenters. The maximum absolute atomic E-state index is 11.5. The van der Waals surface area contributed by atoms with Crippen LogP contribution in [0.5, 0.6) is 0 Å². The van der Waals surface area contributed by atoms with Crippen molar-refractivity contribution in [1.29, 1.82) is 0 Å². The molecular formula is C11H13NO4. The van der Waals surface area contributed by atoms with Crippen LogP contribution in [0.25, 0.3) is 0 Å². The molecule has 2 rings (SSSR count). The van der Waals surface area contributed by atoms with Crippen molar-refractivity contribution in [2.24, 2.45) is 11.8 Å². The lowest BCUT2D eigenvalue weighted by Gasteiger charge is -2.00. The fourth-order valence-electron chi connectivity index (χ4n) is 1.56. The molecule has 16 heavy (non-hydrogen) atoms. The van der Waals surface area contributed by atoms with Gasteiger partial charge in [-0.1, -0.05) is 6.92 Å². The highest BCUT2D eigenvalue weighted by Gasteiger charge is 2.32. The van der Waals surface area contributed by atoms with E-state index in [1.807, 2.05) is 0 Å². The van der Waals surface area contributed by atoms with Gasteiger partial charge in [-0.3, -0.25) is 4.79 Å². The molecule has 2 atom stereocenters. The fourth-order valence-corrected chi connectivity index (χ4v) is 1.56. The van der Waals surface area contributed by atoms with Gasteiger partial charge in [0.05, 0.1) is 5.56 Å². The van der Waals surface area contributed by atoms with Crippen molar-refractivity contribution in [2.75, 3.05) is 6.54 Å². The van der Waals surface area contributed by atoms with Gasteiger partial charge in [-0.2, -0.15) is 0 Å². The van der Waals surface area contributed by atoms with E-state index in [1.165, 1.54) is 6.07 Å². The fraction of sp³-hybridized carbons (Fsp3) is 0.455. The summed E-state index contributed by atoms with van der Waals surface area (Å²) < 4.78 is 4.87. The van der Waals surface area contributed by atoms with Gasteiger partial charge < -0.3 is 14.8 Å². The number of rotatable bonds is 4. The number of aromatic carboxylic acids is 1. The summed E-state index contributed by atoms with van der Waals surface area (Å²) in [7, 11) is 0. The molecule has 5 nitrogen and oxygen atoms in total. The Morgan fingerprint density at radius 3 is 2.81 bits per heavy atom. The normalized spacial score (nSPS) is 22.8. The monoisotopic (exact) mass is 223 g/mol. The summed E-state index contributed by atoms with van der Waals surface area (Å²) in [5.41, 5.74) is -0.00931. The Bertz CT molecular complexity index is 423. The number of nitrogens with one attached hydrogen (secondary N) is 1. The lowest BCUT2D eigenvalue weighted by atomic mass is 10.3. The highest BCUT2D eigenvalue weighted by Crippen LogP contribution is 2.36. The van der Waals surface area contributed by atoms with E-state index < -0.39 is 5.97 Å². The van der Waals surface area contributed by atoms with Crippen LogP contribution in [0.15, 0.2) is 16.7 Å². The van der Waals surface area contributed by atoms with E-state index >= 15 is 0 Å². The van der Waals surface area contributed by atoms with E-state index in [-0.39, 0.29) is 17.2 Å². The van der Waals surface area contributed by atoms with Crippen molar-refractivity contribution < 1.29 is 19.1 Å². The SMILES string of the molecule is CC1CC1CNC(=O)c1cc(C(=O)O)co1. The summed E-state index contributed by atoms with van der Waals surface area (Å²) in [6, 6.07) is 1.23. The number of carbonyl (C=O) groups excluding carboxylic acids is 1. The molecule has 0 bridgehead atoms. The standard InChI is InChI=1S/C11H13NO4/c1-6-2-7(6)4-12-10(13)9-3-8(5-16-9)11(14)15/h3,5-7H,2,4H2,1H3,(H,12,13)(H,14,15). The molecule has 0 saturated heterocycles. The number of furan rings is 1. The molecule has 1 aromatic rings. The maximum Gasteiger partial charge on any atom is 0.338 e. The Morgan fingerprint density at radius 2 is 2.31 bits per heavy atom. The number of hydrogen-bond acceptors (Lipinski definition) is 3. The van der Waals surface area contributed by atoms with Crippen molar-refractivity contribution in [3.63, 3.8) is 0 Å². The van der Waals surface area contributed by atoms with Crippen LogP contribution in [-0.2, 0) is 0 Å². The van der Waals surface area contributed by atoms with Crippen LogP contribution in [0.3, 0.4) is 0 Å². The van der Waals surface area contributed by atoms with Gasteiger partial charge in [0.2, 0.25) is 0 Å². The highest BCUT2D eigenvalue weighted by atomic mass is 16.4. The molecule has 0 aromatic carbocycles.